The van der Waals surface area contributed by atoms with E-state index in [0.29, 0.717) is 38.4 Å². The highest BCUT2D eigenvalue weighted by molar-refractivity contribution is 7.88. The number of carbonyl (C=O) groups excluding carboxylic acids is 1. The highest BCUT2D eigenvalue weighted by Gasteiger charge is 2.36. The highest BCUT2D eigenvalue weighted by Crippen LogP contribution is 2.34. The molecule has 4 rings (SSSR count). The van der Waals surface area contributed by atoms with Gasteiger partial charge in [0.2, 0.25) is 10.0 Å². The molecule has 13 heteroatoms. The van der Waals surface area contributed by atoms with Crippen molar-refractivity contribution in [3.05, 3.63) is 42.1 Å². The molecule has 0 spiro atoms. The third kappa shape index (κ3) is 9.29. The second kappa shape index (κ2) is 14.3. The van der Waals surface area contributed by atoms with Crippen LogP contribution in [-0.4, -0.2) is 90.8 Å². The summed E-state index contributed by atoms with van der Waals surface area (Å²) in [6, 6.07) is 3.69. The van der Waals surface area contributed by atoms with Gasteiger partial charge in [-0.25, -0.2) is 31.9 Å². The van der Waals surface area contributed by atoms with Gasteiger partial charge in [0.15, 0.2) is 11.6 Å². The Morgan fingerprint density at radius 1 is 1.19 bits per heavy atom. The second-order valence-electron chi connectivity index (χ2n) is 12.1. The molecule has 2 fully saturated rings. The standard InChI is InChI=1S/C30H44F2N6O4S/c1-5-38(21(2)3)29(39)25-16-23(31)8-11-26(25)42-27-17-33-20-35-28(27)34-19-30(32)12-14-37(15-13-30)18-22-6-9-24(10-7-22)36-43(4,40)41/h8,11,16-17,20-22,24,36H,5-7,9-10,12-15,18-19H2,1-4H3,(H,33,34,35)/t22-,24-. The van der Waals surface area contributed by atoms with Crippen LogP contribution in [0.1, 0.15) is 69.7 Å². The molecule has 2 aliphatic rings. The van der Waals surface area contributed by atoms with Crippen molar-refractivity contribution >= 4 is 21.7 Å². The average Bonchev–Trinajstić information content (AvgIpc) is 2.95. The number of hydrogen-bond acceptors (Lipinski definition) is 8. The maximum Gasteiger partial charge on any atom is 0.257 e. The zero-order chi connectivity index (χ0) is 31.2. The van der Waals surface area contributed by atoms with Crippen molar-refractivity contribution in [2.45, 2.75) is 77.0 Å². The van der Waals surface area contributed by atoms with Gasteiger partial charge in [-0.3, -0.25) is 4.79 Å². The topological polar surface area (TPSA) is 117 Å². The first kappa shape index (κ1) is 33.0. The van der Waals surface area contributed by atoms with Crippen molar-refractivity contribution in [2.24, 2.45) is 5.92 Å². The molecule has 1 saturated heterocycles. The van der Waals surface area contributed by atoms with Crippen LogP contribution in [0.25, 0.3) is 0 Å². The van der Waals surface area contributed by atoms with Crippen LogP contribution in [0.15, 0.2) is 30.7 Å². The predicted octanol–water partition coefficient (Wildman–Crippen LogP) is 4.60. The lowest BCUT2D eigenvalue weighted by Crippen LogP contribution is -2.47. The number of hydrogen-bond donors (Lipinski definition) is 2. The van der Waals surface area contributed by atoms with E-state index in [4.69, 9.17) is 4.74 Å². The van der Waals surface area contributed by atoms with Gasteiger partial charge in [-0.05, 0) is 83.4 Å². The largest absolute Gasteiger partial charge is 0.451 e. The second-order valence-corrected chi connectivity index (χ2v) is 13.9. The quantitative estimate of drug-likeness (QED) is 0.353. The summed E-state index contributed by atoms with van der Waals surface area (Å²) in [5.74, 6) is 0.224. The lowest BCUT2D eigenvalue weighted by atomic mass is 9.85. The van der Waals surface area contributed by atoms with Crippen LogP contribution in [0, 0.1) is 11.7 Å². The summed E-state index contributed by atoms with van der Waals surface area (Å²) in [5.41, 5.74) is -1.36. The van der Waals surface area contributed by atoms with Gasteiger partial charge in [0, 0.05) is 38.3 Å². The van der Waals surface area contributed by atoms with Gasteiger partial charge in [0.25, 0.3) is 5.91 Å². The van der Waals surface area contributed by atoms with Crippen LogP contribution in [0.4, 0.5) is 14.6 Å². The Morgan fingerprint density at radius 3 is 2.51 bits per heavy atom. The molecule has 1 saturated carbocycles. The van der Waals surface area contributed by atoms with E-state index in [1.807, 2.05) is 20.8 Å². The molecule has 2 aromatic rings. The normalized spacial score (nSPS) is 21.0. The fourth-order valence-corrected chi connectivity index (χ4v) is 6.83. The van der Waals surface area contributed by atoms with E-state index >= 15 is 4.39 Å². The highest BCUT2D eigenvalue weighted by atomic mass is 32.2. The lowest BCUT2D eigenvalue weighted by Gasteiger charge is -2.39. The monoisotopic (exact) mass is 622 g/mol. The number of ether oxygens (including phenoxy) is 1. The first-order valence-electron chi connectivity index (χ1n) is 15.1. The molecule has 0 atom stereocenters. The summed E-state index contributed by atoms with van der Waals surface area (Å²) in [6.07, 6.45) is 8.26. The van der Waals surface area contributed by atoms with Crippen molar-refractivity contribution in [3.63, 3.8) is 0 Å². The van der Waals surface area contributed by atoms with Crippen LogP contribution in [-0.2, 0) is 10.0 Å². The molecule has 0 unspecified atom stereocenters. The smallest absolute Gasteiger partial charge is 0.257 e. The van der Waals surface area contributed by atoms with E-state index in [0.717, 1.165) is 38.3 Å². The van der Waals surface area contributed by atoms with Gasteiger partial charge in [0.05, 0.1) is 24.6 Å². The molecule has 10 nitrogen and oxygen atoms in total. The molecule has 0 radical (unpaired) electrons. The Morgan fingerprint density at radius 2 is 1.88 bits per heavy atom. The Bertz CT molecular complexity index is 1350. The number of benzene rings is 1. The maximum absolute atomic E-state index is 15.9. The number of nitrogens with zero attached hydrogens (tertiary/aromatic N) is 4. The van der Waals surface area contributed by atoms with Crippen LogP contribution in [0.2, 0.25) is 0 Å². The van der Waals surface area contributed by atoms with Crippen molar-refractivity contribution in [1.29, 1.82) is 0 Å². The Balaban J connectivity index is 1.33. The van der Waals surface area contributed by atoms with Gasteiger partial charge in [0.1, 0.15) is 23.6 Å². The molecule has 2 N–H and O–H groups in total. The molecule has 1 aliphatic heterocycles. The summed E-state index contributed by atoms with van der Waals surface area (Å²) in [5, 5.41) is 3.08. The zero-order valence-corrected chi connectivity index (χ0v) is 26.3. The number of nitrogens with one attached hydrogen (secondary N) is 2. The van der Waals surface area contributed by atoms with E-state index in [1.165, 1.54) is 30.9 Å². The van der Waals surface area contributed by atoms with Crippen LogP contribution in [0.3, 0.4) is 0 Å². The number of likely N-dealkylation sites (tertiary alicyclic amines) is 1. The average molecular weight is 623 g/mol. The molecular formula is C30H44F2N6O4S. The molecule has 1 aromatic heterocycles. The first-order chi connectivity index (χ1) is 20.4. The zero-order valence-electron chi connectivity index (χ0n) is 25.5. The van der Waals surface area contributed by atoms with Gasteiger partial charge in [-0.1, -0.05) is 0 Å². The molecule has 238 valence electrons. The predicted molar refractivity (Wildman–Crippen MR) is 162 cm³/mol. The van der Waals surface area contributed by atoms with Gasteiger partial charge in [-0.15, -0.1) is 0 Å². The molecule has 1 aliphatic carbocycles. The molecule has 43 heavy (non-hydrogen) atoms. The van der Waals surface area contributed by atoms with Crippen LogP contribution in [0.5, 0.6) is 11.5 Å². The Labute approximate surface area is 253 Å². The van der Waals surface area contributed by atoms with E-state index in [9.17, 15) is 17.6 Å². The number of rotatable bonds is 12. The molecule has 1 aromatic carbocycles. The minimum atomic E-state index is -3.19. The molecule has 1 amide bonds. The number of amides is 1. The Hall–Kier alpha value is -2.90. The minimum Gasteiger partial charge on any atom is -0.451 e. The van der Waals surface area contributed by atoms with E-state index < -0.39 is 21.5 Å². The van der Waals surface area contributed by atoms with E-state index in [-0.39, 0.29) is 47.4 Å². The number of halogens is 2. The minimum absolute atomic E-state index is 0.00838. The number of alkyl halides is 1. The maximum atomic E-state index is 15.9. The molecule has 2 heterocycles. The SMILES string of the molecule is CCN(C(=O)c1cc(F)ccc1Oc1cncnc1NCC1(F)CCN(C[C@H]2CC[C@H](NS(C)(=O)=O)CC2)CC1)C(C)C. The lowest BCUT2D eigenvalue weighted by molar-refractivity contribution is 0.0568. The third-order valence-electron chi connectivity index (χ3n) is 8.36. The van der Waals surface area contributed by atoms with Gasteiger partial charge >= 0.3 is 0 Å². The van der Waals surface area contributed by atoms with Crippen molar-refractivity contribution in [1.82, 2.24) is 24.5 Å². The summed E-state index contributed by atoms with van der Waals surface area (Å²) in [6.45, 7) is 8.28. The van der Waals surface area contributed by atoms with Crippen LogP contribution >= 0.6 is 0 Å². The number of piperidine rings is 1. The molecular weight excluding hydrogens is 578 g/mol. The number of anilines is 1. The van der Waals surface area contributed by atoms with E-state index in [1.54, 1.807) is 4.90 Å². The number of carbonyl (C=O) groups is 1. The van der Waals surface area contributed by atoms with Gasteiger partial charge < -0.3 is 19.9 Å². The van der Waals surface area contributed by atoms with Gasteiger partial charge in [-0.2, -0.15) is 0 Å². The molecule has 0 bridgehead atoms. The van der Waals surface area contributed by atoms with Crippen molar-refractivity contribution < 1.29 is 26.7 Å². The summed E-state index contributed by atoms with van der Waals surface area (Å²) in [4.78, 5) is 25.4. The summed E-state index contributed by atoms with van der Waals surface area (Å²) >= 11 is 0. The summed E-state index contributed by atoms with van der Waals surface area (Å²) < 4.78 is 61.8. The van der Waals surface area contributed by atoms with Crippen molar-refractivity contribution in [2.75, 3.05) is 44.3 Å². The van der Waals surface area contributed by atoms with Crippen molar-refractivity contribution in [3.8, 4) is 11.5 Å². The van der Waals surface area contributed by atoms with E-state index in [2.05, 4.69) is 24.9 Å². The first-order valence-corrected chi connectivity index (χ1v) is 17.0. The van der Waals surface area contributed by atoms with Crippen LogP contribution < -0.4 is 14.8 Å². The summed E-state index contributed by atoms with van der Waals surface area (Å²) in [7, 11) is -3.19. The fraction of sp³-hybridized carbons (Fsp3) is 0.633. The Kier molecular flexibility index (Phi) is 10.9. The fourth-order valence-electron chi connectivity index (χ4n) is 5.99. The third-order valence-corrected chi connectivity index (χ3v) is 9.13. The number of sulfonamides is 1. The number of aromatic nitrogens is 2.